The number of nitrogens with two attached hydrogens (primary N) is 1. The first-order valence-electron chi connectivity index (χ1n) is 6.28. The Morgan fingerprint density at radius 3 is 2.52 bits per heavy atom. The molecule has 1 aromatic carbocycles. The van der Waals surface area contributed by atoms with Gasteiger partial charge in [-0.1, -0.05) is 0 Å². The van der Waals surface area contributed by atoms with E-state index < -0.39 is 10.0 Å². The maximum atomic E-state index is 11.3. The summed E-state index contributed by atoms with van der Waals surface area (Å²) in [6, 6.07) is 7.91. The Morgan fingerprint density at radius 2 is 1.91 bits per heavy atom. The summed E-state index contributed by atoms with van der Waals surface area (Å²) in [5.74, 6) is 0.562. The van der Waals surface area contributed by atoms with Gasteiger partial charge in [0.2, 0.25) is 10.0 Å². The number of halogens is 1. The number of aromatic nitrogens is 4. The lowest BCUT2D eigenvalue weighted by Gasteiger charge is -2.07. The van der Waals surface area contributed by atoms with Crippen LogP contribution in [0.25, 0.3) is 17.1 Å². The molecule has 0 fully saturated rings. The molecule has 0 aliphatic heterocycles. The molecule has 3 N–H and O–H groups in total. The van der Waals surface area contributed by atoms with Gasteiger partial charge < -0.3 is 0 Å². The molecular weight excluding hydrogens is 402 g/mol. The third kappa shape index (κ3) is 3.24. The average molecular weight is 412 g/mol. The molecule has 0 aliphatic rings. The van der Waals surface area contributed by atoms with Gasteiger partial charge in [0.05, 0.1) is 10.6 Å². The minimum absolute atomic E-state index is 0.0296. The highest BCUT2D eigenvalue weighted by molar-refractivity contribution is 9.10. The van der Waals surface area contributed by atoms with Gasteiger partial charge in [0, 0.05) is 22.4 Å². The number of hydrogen-bond donors (Lipinski definition) is 2. The average Bonchev–Trinajstić information content (AvgIpc) is 2.88. The zero-order chi connectivity index (χ0) is 16.6. The quantitative estimate of drug-likeness (QED) is 0.643. The third-order valence-corrected chi connectivity index (χ3v) is 4.70. The van der Waals surface area contributed by atoms with Gasteiger partial charge in [0.1, 0.15) is 0 Å². The van der Waals surface area contributed by atoms with Crippen molar-refractivity contribution in [1.29, 1.82) is 0 Å². The Hall–Kier alpha value is -1.88. The van der Waals surface area contributed by atoms with Gasteiger partial charge in [-0.25, -0.2) is 13.6 Å². The van der Waals surface area contributed by atoms with Crippen molar-refractivity contribution in [3.63, 3.8) is 0 Å². The van der Waals surface area contributed by atoms with E-state index in [-0.39, 0.29) is 4.90 Å². The van der Waals surface area contributed by atoms with Crippen molar-refractivity contribution >= 4 is 38.2 Å². The van der Waals surface area contributed by atoms with E-state index in [2.05, 4.69) is 31.1 Å². The van der Waals surface area contributed by atoms with Crippen LogP contribution in [0.5, 0.6) is 0 Å². The first kappa shape index (κ1) is 16.0. The molecule has 0 spiro atoms. The molecule has 0 radical (unpaired) electrons. The first-order chi connectivity index (χ1) is 10.9. The van der Waals surface area contributed by atoms with E-state index in [0.717, 1.165) is 10.0 Å². The smallest absolute Gasteiger partial charge is 0.238 e. The summed E-state index contributed by atoms with van der Waals surface area (Å²) >= 11 is 8.63. The molecule has 0 amide bonds. The molecular formula is C13H10BrN5O2S2. The number of aromatic amines is 1. The zero-order valence-corrected chi connectivity index (χ0v) is 14.7. The van der Waals surface area contributed by atoms with E-state index in [4.69, 9.17) is 17.4 Å². The fourth-order valence-electron chi connectivity index (χ4n) is 2.05. The number of nitrogens with one attached hydrogen (secondary N) is 1. The number of H-pyrrole nitrogens is 1. The fourth-order valence-corrected chi connectivity index (χ4v) is 3.17. The highest BCUT2D eigenvalue weighted by atomic mass is 79.9. The molecule has 2 aromatic heterocycles. The molecule has 0 aliphatic carbocycles. The van der Waals surface area contributed by atoms with E-state index >= 15 is 0 Å². The minimum atomic E-state index is -3.74. The van der Waals surface area contributed by atoms with Crippen LogP contribution < -0.4 is 5.14 Å². The summed E-state index contributed by atoms with van der Waals surface area (Å²) in [5, 5.41) is 12.1. The van der Waals surface area contributed by atoms with Gasteiger partial charge in [-0.05, 0) is 58.5 Å². The summed E-state index contributed by atoms with van der Waals surface area (Å²) in [7, 11) is -3.74. The Morgan fingerprint density at radius 1 is 1.22 bits per heavy atom. The van der Waals surface area contributed by atoms with Crippen molar-refractivity contribution < 1.29 is 8.42 Å². The van der Waals surface area contributed by atoms with Crippen molar-refractivity contribution in [3.05, 3.63) is 52.0 Å². The highest BCUT2D eigenvalue weighted by Gasteiger charge is 2.13. The zero-order valence-electron chi connectivity index (χ0n) is 11.5. The summed E-state index contributed by atoms with van der Waals surface area (Å²) < 4.78 is 25.6. The number of nitrogens with zero attached hydrogens (tertiary/aromatic N) is 3. The highest BCUT2D eigenvalue weighted by Crippen LogP contribution is 2.23. The Kier molecular flexibility index (Phi) is 4.15. The van der Waals surface area contributed by atoms with E-state index in [1.807, 2.05) is 6.07 Å². The summed E-state index contributed by atoms with van der Waals surface area (Å²) in [4.78, 5) is 4.14. The normalized spacial score (nSPS) is 11.6. The van der Waals surface area contributed by atoms with Gasteiger partial charge in [-0.15, -0.1) is 0 Å². The Balaban J connectivity index is 2.14. The number of hydrogen-bond acceptors (Lipinski definition) is 5. The maximum absolute atomic E-state index is 11.3. The fraction of sp³-hybridized carbons (Fsp3) is 0. The van der Waals surface area contributed by atoms with Crippen molar-refractivity contribution in [2.45, 2.75) is 4.90 Å². The van der Waals surface area contributed by atoms with Crippen LogP contribution in [0.2, 0.25) is 0 Å². The van der Waals surface area contributed by atoms with Gasteiger partial charge in [-0.3, -0.25) is 14.6 Å². The van der Waals surface area contributed by atoms with Crippen LogP contribution in [-0.4, -0.2) is 28.2 Å². The van der Waals surface area contributed by atoms with E-state index in [0.29, 0.717) is 16.3 Å². The standard InChI is InChI=1S/C13H10BrN5O2S2/c14-9-5-8(6-16-7-9)12-17-18-13(22)19(12)10-1-3-11(4-2-10)23(15,20)21/h1-7H,(H,18,22)(H2,15,20,21). The lowest BCUT2D eigenvalue weighted by atomic mass is 10.2. The molecule has 10 heteroatoms. The number of primary sulfonamides is 1. The monoisotopic (exact) mass is 411 g/mol. The Bertz CT molecular complexity index is 1030. The van der Waals surface area contributed by atoms with E-state index in [1.165, 1.54) is 12.1 Å². The van der Waals surface area contributed by atoms with Gasteiger partial charge >= 0.3 is 0 Å². The largest absolute Gasteiger partial charge is 0.268 e. The number of pyridine rings is 1. The topological polar surface area (TPSA) is 107 Å². The molecule has 7 nitrogen and oxygen atoms in total. The number of sulfonamides is 1. The second kappa shape index (κ2) is 5.96. The van der Waals surface area contributed by atoms with Gasteiger partial charge in [0.25, 0.3) is 0 Å². The van der Waals surface area contributed by atoms with Crippen LogP contribution in [0.3, 0.4) is 0 Å². The van der Waals surface area contributed by atoms with Crippen molar-refractivity contribution in [1.82, 2.24) is 19.7 Å². The van der Waals surface area contributed by atoms with Crippen LogP contribution in [0.1, 0.15) is 0 Å². The van der Waals surface area contributed by atoms with E-state index in [1.54, 1.807) is 29.1 Å². The summed E-state index contributed by atoms with van der Waals surface area (Å²) in [6.45, 7) is 0. The summed E-state index contributed by atoms with van der Waals surface area (Å²) in [6.07, 6.45) is 3.32. The lowest BCUT2D eigenvalue weighted by Crippen LogP contribution is -2.12. The molecule has 0 bridgehead atoms. The Labute approximate surface area is 145 Å². The molecule has 118 valence electrons. The van der Waals surface area contributed by atoms with Crippen molar-refractivity contribution in [2.75, 3.05) is 0 Å². The van der Waals surface area contributed by atoms with Gasteiger partial charge in [0.15, 0.2) is 10.6 Å². The van der Waals surface area contributed by atoms with Crippen molar-refractivity contribution in [2.24, 2.45) is 5.14 Å². The first-order valence-corrected chi connectivity index (χ1v) is 9.02. The van der Waals surface area contributed by atoms with Crippen LogP contribution in [-0.2, 0) is 10.0 Å². The van der Waals surface area contributed by atoms with Crippen LogP contribution >= 0.6 is 28.1 Å². The SMILES string of the molecule is NS(=O)(=O)c1ccc(-n2c(-c3cncc(Br)c3)n[nH]c2=S)cc1. The predicted octanol–water partition coefficient (Wildman–Crippen LogP) is 2.40. The molecule has 0 atom stereocenters. The lowest BCUT2D eigenvalue weighted by molar-refractivity contribution is 0.598. The number of rotatable bonds is 3. The minimum Gasteiger partial charge on any atom is -0.268 e. The second-order valence-electron chi connectivity index (χ2n) is 4.62. The molecule has 0 saturated heterocycles. The van der Waals surface area contributed by atoms with Crippen LogP contribution in [0.4, 0.5) is 0 Å². The predicted molar refractivity (Wildman–Crippen MR) is 91.1 cm³/mol. The van der Waals surface area contributed by atoms with Crippen LogP contribution in [0, 0.1) is 4.77 Å². The molecule has 23 heavy (non-hydrogen) atoms. The van der Waals surface area contributed by atoms with Gasteiger partial charge in [-0.2, -0.15) is 5.10 Å². The van der Waals surface area contributed by atoms with Crippen molar-refractivity contribution in [3.8, 4) is 17.1 Å². The third-order valence-electron chi connectivity index (χ3n) is 3.06. The molecule has 0 unspecified atom stereocenters. The molecule has 3 aromatic rings. The van der Waals surface area contributed by atoms with E-state index in [9.17, 15) is 8.42 Å². The summed E-state index contributed by atoms with van der Waals surface area (Å²) in [5.41, 5.74) is 1.41. The molecule has 0 saturated carbocycles. The second-order valence-corrected chi connectivity index (χ2v) is 7.48. The molecule has 2 heterocycles. The maximum Gasteiger partial charge on any atom is 0.238 e. The molecule has 3 rings (SSSR count). The number of benzene rings is 1. The van der Waals surface area contributed by atoms with Crippen LogP contribution in [0.15, 0.2) is 52.1 Å².